The number of halogens is 2. The van der Waals surface area contributed by atoms with Crippen molar-refractivity contribution in [1.82, 2.24) is 19.9 Å². The number of ether oxygens (including phenoxy) is 1. The number of aromatic nitrogens is 2. The van der Waals surface area contributed by atoms with Crippen molar-refractivity contribution < 1.29 is 13.5 Å². The van der Waals surface area contributed by atoms with Crippen LogP contribution in [0.5, 0.6) is 5.75 Å². The Morgan fingerprint density at radius 1 is 1.05 bits per heavy atom. The minimum Gasteiger partial charge on any atom is -0.494 e. The summed E-state index contributed by atoms with van der Waals surface area (Å²) in [5.41, 5.74) is 4.37. The van der Waals surface area contributed by atoms with Crippen molar-refractivity contribution >= 4 is 28.8 Å². The van der Waals surface area contributed by atoms with Gasteiger partial charge in [-0.15, -0.1) is 0 Å². The number of nitrogens with one attached hydrogen (secondary N) is 2. The van der Waals surface area contributed by atoms with Crippen LogP contribution in [0.1, 0.15) is 54.4 Å². The van der Waals surface area contributed by atoms with Gasteiger partial charge in [0.15, 0.2) is 0 Å². The maximum atomic E-state index is 13.2. The Morgan fingerprint density at radius 3 is 2.32 bits per heavy atom. The highest BCUT2D eigenvalue weighted by atomic mass is 19.3. The van der Waals surface area contributed by atoms with Crippen LogP contribution in [0.25, 0.3) is 0 Å². The molecule has 0 saturated carbocycles. The molecule has 0 saturated heterocycles. The second kappa shape index (κ2) is 18.0. The van der Waals surface area contributed by atoms with Crippen molar-refractivity contribution in [3.05, 3.63) is 47.9 Å². The number of rotatable bonds is 9. The third-order valence-electron chi connectivity index (χ3n) is 6.16. The average Bonchev–Trinajstić information content (AvgIpc) is 3.37. The smallest absolute Gasteiger partial charge is 0.255 e. The lowest BCUT2D eigenvalue weighted by molar-refractivity contribution is 0.106. The molecule has 1 aliphatic heterocycles. The van der Waals surface area contributed by atoms with Crippen LogP contribution in [0.3, 0.4) is 0 Å². The molecule has 2 N–H and O–H groups in total. The number of hydrogen-bond acceptors (Lipinski definition) is 9. The number of allylic oxidation sites excluding steroid dienone is 3. The van der Waals surface area contributed by atoms with E-state index in [2.05, 4.69) is 21.7 Å². The molecule has 1 aromatic heterocycles. The first kappa shape index (κ1) is 35.4. The fraction of sp³-hybridized carbons (Fsp3) is 0.533. The Balaban J connectivity index is 0.00000131. The summed E-state index contributed by atoms with van der Waals surface area (Å²) in [4.78, 5) is 12.8. The van der Waals surface area contributed by atoms with Crippen molar-refractivity contribution in [2.24, 2.45) is 0 Å². The molecule has 0 spiro atoms. The maximum absolute atomic E-state index is 13.2. The van der Waals surface area contributed by atoms with Gasteiger partial charge >= 0.3 is 0 Å². The van der Waals surface area contributed by atoms with E-state index in [-0.39, 0.29) is 6.54 Å². The van der Waals surface area contributed by atoms with Gasteiger partial charge in [0.2, 0.25) is 5.95 Å². The van der Waals surface area contributed by atoms with E-state index in [9.17, 15) is 8.78 Å². The second-order valence-corrected chi connectivity index (χ2v) is 8.51. The molecule has 1 aliphatic carbocycles. The summed E-state index contributed by atoms with van der Waals surface area (Å²) in [5, 5.41) is 10.4. The molecule has 0 amide bonds. The van der Waals surface area contributed by atoms with Crippen LogP contribution in [-0.4, -0.2) is 74.8 Å². The summed E-state index contributed by atoms with van der Waals surface area (Å²) >= 11 is 0. The van der Waals surface area contributed by atoms with Gasteiger partial charge in [-0.25, -0.2) is 18.8 Å². The van der Waals surface area contributed by atoms with Crippen LogP contribution in [0.15, 0.2) is 47.9 Å². The van der Waals surface area contributed by atoms with Gasteiger partial charge in [0.05, 0.1) is 43.1 Å². The van der Waals surface area contributed by atoms with Crippen LogP contribution < -0.4 is 25.3 Å². The fourth-order valence-electron chi connectivity index (χ4n) is 4.27. The molecule has 2 heterocycles. The van der Waals surface area contributed by atoms with Gasteiger partial charge < -0.3 is 30.2 Å². The SMILES string of the molecule is CC.CC.CC.CNc1cc(Nc2nccc(N3CN(CC(F)F)C4=C3C=CCC4)n2)c(OC)cc1N(C)N(C)C. The zero-order chi connectivity index (χ0) is 31.1. The molecular weight excluding hydrogens is 526 g/mol. The van der Waals surface area contributed by atoms with Crippen LogP contribution in [0.4, 0.5) is 37.6 Å². The predicted octanol–water partition coefficient (Wildman–Crippen LogP) is 7.17. The van der Waals surface area contributed by atoms with E-state index in [1.807, 2.05) is 103 Å². The summed E-state index contributed by atoms with van der Waals surface area (Å²) in [6.45, 7) is 12.0. The molecule has 11 heteroatoms. The Morgan fingerprint density at radius 2 is 1.73 bits per heavy atom. The molecule has 1 aromatic carbocycles. The van der Waals surface area contributed by atoms with E-state index in [4.69, 9.17) is 9.72 Å². The lowest BCUT2D eigenvalue weighted by Crippen LogP contribution is -2.33. The predicted molar refractivity (Wildman–Crippen MR) is 169 cm³/mol. The van der Waals surface area contributed by atoms with Crippen molar-refractivity contribution in [2.75, 3.05) is 69.1 Å². The molecular formula is C30H50F2N8O. The lowest BCUT2D eigenvalue weighted by atomic mass is 10.1. The van der Waals surface area contributed by atoms with Gasteiger partial charge in [-0.3, -0.25) is 0 Å². The van der Waals surface area contributed by atoms with Crippen LogP contribution in [-0.2, 0) is 0 Å². The van der Waals surface area contributed by atoms with Crippen LogP contribution in [0, 0.1) is 0 Å². The number of hydrogen-bond donors (Lipinski definition) is 2. The largest absolute Gasteiger partial charge is 0.494 e. The number of methoxy groups -OCH3 is 1. The van der Waals surface area contributed by atoms with E-state index in [1.165, 1.54) is 0 Å². The van der Waals surface area contributed by atoms with Crippen LogP contribution in [0.2, 0.25) is 0 Å². The summed E-state index contributed by atoms with van der Waals surface area (Å²) < 4.78 is 32.0. The monoisotopic (exact) mass is 576 g/mol. The molecule has 0 fully saturated rings. The van der Waals surface area contributed by atoms with Gasteiger partial charge in [-0.2, -0.15) is 4.98 Å². The molecule has 2 aromatic rings. The number of hydrazine groups is 1. The zero-order valence-corrected chi connectivity index (χ0v) is 26.7. The molecule has 230 valence electrons. The van der Waals surface area contributed by atoms with E-state index < -0.39 is 6.43 Å². The maximum Gasteiger partial charge on any atom is 0.255 e. The molecule has 4 rings (SSSR count). The third kappa shape index (κ3) is 8.94. The van der Waals surface area contributed by atoms with E-state index >= 15 is 0 Å². The van der Waals surface area contributed by atoms with Gasteiger partial charge in [0.1, 0.15) is 11.6 Å². The standard InChI is InChI=1S/C24H32F2N8O.3C2H6/c1-27-16-12-17(21(35-5)13-20(16)32(4)31(2)3)29-24-28-11-10-23(30-24)34-15-33(14-22(25)26)18-8-6-7-9-19(18)34;3*1-2/h7,9-13,22,27H,6,8,14-15H2,1-5H3,(H,28,29,30);3*1-2H3. The number of benzene rings is 1. The number of anilines is 5. The molecule has 0 radical (unpaired) electrons. The van der Waals surface area contributed by atoms with Crippen molar-refractivity contribution in [1.29, 1.82) is 0 Å². The summed E-state index contributed by atoms with van der Waals surface area (Å²) in [6.07, 6.45) is 4.89. The Kier molecular flexibility index (Phi) is 15.5. The molecule has 0 bridgehead atoms. The second-order valence-electron chi connectivity index (χ2n) is 8.51. The minimum absolute atomic E-state index is 0.295. The normalized spacial score (nSPS) is 13.4. The Labute approximate surface area is 245 Å². The minimum atomic E-state index is -2.40. The molecule has 9 nitrogen and oxygen atoms in total. The Hall–Kier alpha value is -3.60. The first-order chi connectivity index (χ1) is 19.8. The quantitative estimate of drug-likeness (QED) is 0.302. The summed E-state index contributed by atoms with van der Waals surface area (Å²) in [6, 6.07) is 5.66. The molecule has 0 unspecified atom stereocenters. The first-order valence-electron chi connectivity index (χ1n) is 14.4. The summed E-state index contributed by atoms with van der Waals surface area (Å²) in [7, 11) is 9.35. The molecule has 41 heavy (non-hydrogen) atoms. The topological polar surface area (TPSA) is 72.0 Å². The first-order valence-corrected chi connectivity index (χ1v) is 14.4. The van der Waals surface area contributed by atoms with E-state index in [0.717, 1.165) is 35.6 Å². The third-order valence-corrected chi connectivity index (χ3v) is 6.16. The number of nitrogens with zero attached hydrogens (tertiary/aromatic N) is 6. The highest BCUT2D eigenvalue weighted by Crippen LogP contribution is 2.39. The molecule has 2 aliphatic rings. The van der Waals surface area contributed by atoms with Crippen molar-refractivity contribution in [2.45, 2.75) is 60.8 Å². The van der Waals surface area contributed by atoms with Gasteiger partial charge in [-0.05, 0) is 31.1 Å². The van der Waals surface area contributed by atoms with Crippen molar-refractivity contribution in [3.63, 3.8) is 0 Å². The van der Waals surface area contributed by atoms with Crippen molar-refractivity contribution in [3.8, 4) is 5.75 Å². The highest BCUT2D eigenvalue weighted by Gasteiger charge is 2.31. The average molecular weight is 577 g/mol. The summed E-state index contributed by atoms with van der Waals surface area (Å²) in [5.74, 6) is 1.65. The van der Waals surface area contributed by atoms with Crippen LogP contribution >= 0.6 is 0 Å². The van der Waals surface area contributed by atoms with Gasteiger partial charge in [0.25, 0.3) is 6.43 Å². The Bertz CT molecular complexity index is 1120. The van der Waals surface area contributed by atoms with Gasteiger partial charge in [0, 0.05) is 46.2 Å². The van der Waals surface area contributed by atoms with E-state index in [0.29, 0.717) is 29.9 Å². The zero-order valence-electron chi connectivity index (χ0n) is 26.7. The van der Waals surface area contributed by atoms with E-state index in [1.54, 1.807) is 24.3 Å². The van der Waals surface area contributed by atoms with Gasteiger partial charge in [-0.1, -0.05) is 47.6 Å². The highest BCUT2D eigenvalue weighted by molar-refractivity contribution is 5.80. The molecule has 0 atom stereocenters. The number of alkyl halides is 2. The lowest BCUT2D eigenvalue weighted by Gasteiger charge is -2.29. The fourth-order valence-corrected chi connectivity index (χ4v) is 4.27.